The fourth-order valence-electron chi connectivity index (χ4n) is 2.35. The van der Waals surface area contributed by atoms with Crippen molar-refractivity contribution in [2.24, 2.45) is 0 Å². The summed E-state index contributed by atoms with van der Waals surface area (Å²) in [4.78, 5) is 2.45. The normalized spacial score (nSPS) is 16.9. The molecule has 1 aromatic carbocycles. The van der Waals surface area contributed by atoms with Crippen LogP contribution in [-0.4, -0.2) is 38.7 Å². The minimum absolute atomic E-state index is 0.118. The Hall–Kier alpha value is -0.780. The lowest BCUT2D eigenvalue weighted by molar-refractivity contribution is 0.340. The topological polar surface area (TPSA) is 63.4 Å². The van der Waals surface area contributed by atoms with E-state index in [1.165, 1.54) is 25.0 Å². The molecule has 0 spiro atoms. The second kappa shape index (κ2) is 6.11. The molecule has 2 N–H and O–H groups in total. The van der Waals surface area contributed by atoms with Crippen molar-refractivity contribution in [1.82, 2.24) is 4.90 Å². The van der Waals surface area contributed by atoms with Gasteiger partial charge in [-0.25, -0.2) is 8.42 Å². The number of nitrogens with two attached hydrogens (primary N) is 1. The molecule has 0 radical (unpaired) electrons. The molecule has 1 aliphatic rings. The summed E-state index contributed by atoms with van der Waals surface area (Å²) in [6, 6.07) is 4.57. The van der Waals surface area contributed by atoms with E-state index in [-0.39, 0.29) is 15.7 Å². The van der Waals surface area contributed by atoms with Gasteiger partial charge >= 0.3 is 0 Å². The number of benzene rings is 1. The quantitative estimate of drug-likeness (QED) is 0.847. The number of rotatable bonds is 5. The predicted molar refractivity (Wildman–Crippen MR) is 78.2 cm³/mol. The van der Waals surface area contributed by atoms with E-state index in [2.05, 4.69) is 4.90 Å². The van der Waals surface area contributed by atoms with Gasteiger partial charge in [-0.15, -0.1) is 0 Å². The van der Waals surface area contributed by atoms with Gasteiger partial charge in [0.05, 0.1) is 15.7 Å². The van der Waals surface area contributed by atoms with E-state index in [1.807, 2.05) is 0 Å². The molecule has 2 rings (SSSR count). The maximum absolute atomic E-state index is 12.2. The van der Waals surface area contributed by atoms with Crippen molar-refractivity contribution in [2.75, 3.05) is 31.1 Å². The van der Waals surface area contributed by atoms with Gasteiger partial charge in [0.25, 0.3) is 0 Å². The summed E-state index contributed by atoms with van der Waals surface area (Å²) in [5.41, 5.74) is 6.04. The maximum atomic E-state index is 12.2. The van der Waals surface area contributed by atoms with Crippen LogP contribution in [0.4, 0.5) is 5.69 Å². The highest BCUT2D eigenvalue weighted by Crippen LogP contribution is 2.25. The summed E-state index contributed by atoms with van der Waals surface area (Å²) >= 11 is 5.94. The van der Waals surface area contributed by atoms with Crippen LogP contribution in [0.15, 0.2) is 23.1 Å². The first-order valence-electron chi connectivity index (χ1n) is 6.49. The molecule has 1 aromatic rings. The van der Waals surface area contributed by atoms with Crippen LogP contribution in [0, 0.1) is 0 Å². The third-order valence-corrected chi connectivity index (χ3v) is 5.65. The van der Waals surface area contributed by atoms with Gasteiger partial charge < -0.3 is 10.6 Å². The first-order valence-corrected chi connectivity index (χ1v) is 8.52. The van der Waals surface area contributed by atoms with Crippen molar-refractivity contribution < 1.29 is 8.42 Å². The molecule has 0 aliphatic carbocycles. The third kappa shape index (κ3) is 3.84. The Morgan fingerprint density at radius 3 is 2.63 bits per heavy atom. The number of likely N-dealkylation sites (tertiary alicyclic amines) is 1. The van der Waals surface area contributed by atoms with Crippen LogP contribution in [0.3, 0.4) is 0 Å². The number of sulfone groups is 1. The highest BCUT2D eigenvalue weighted by molar-refractivity contribution is 7.91. The largest absolute Gasteiger partial charge is 0.399 e. The molecule has 4 nitrogen and oxygen atoms in total. The monoisotopic (exact) mass is 302 g/mol. The predicted octanol–water partition coefficient (Wildman–Crippen LogP) is 2.18. The highest BCUT2D eigenvalue weighted by atomic mass is 35.5. The summed E-state index contributed by atoms with van der Waals surface area (Å²) in [6.07, 6.45) is 3.06. The molecule has 1 heterocycles. The fraction of sp³-hybridized carbons (Fsp3) is 0.538. The second-order valence-electron chi connectivity index (χ2n) is 4.91. The van der Waals surface area contributed by atoms with Gasteiger partial charge in [0.1, 0.15) is 0 Å². The lowest BCUT2D eigenvalue weighted by Crippen LogP contribution is -2.22. The van der Waals surface area contributed by atoms with Gasteiger partial charge in [-0.2, -0.15) is 0 Å². The molecule has 1 fully saturated rings. The van der Waals surface area contributed by atoms with Crippen molar-refractivity contribution in [1.29, 1.82) is 0 Å². The number of halogens is 1. The van der Waals surface area contributed by atoms with Crippen LogP contribution in [0.2, 0.25) is 5.02 Å². The van der Waals surface area contributed by atoms with E-state index in [1.54, 1.807) is 6.07 Å². The first-order chi connectivity index (χ1) is 8.99. The van der Waals surface area contributed by atoms with Crippen molar-refractivity contribution in [3.05, 3.63) is 23.2 Å². The maximum Gasteiger partial charge on any atom is 0.179 e. The molecule has 19 heavy (non-hydrogen) atoms. The summed E-state index contributed by atoms with van der Waals surface area (Å²) in [6.45, 7) is 3.00. The van der Waals surface area contributed by atoms with Crippen LogP contribution in [0.5, 0.6) is 0 Å². The Morgan fingerprint density at radius 1 is 1.26 bits per heavy atom. The zero-order valence-corrected chi connectivity index (χ0v) is 12.4. The van der Waals surface area contributed by atoms with Crippen LogP contribution in [-0.2, 0) is 9.84 Å². The average Bonchev–Trinajstić information content (AvgIpc) is 2.85. The van der Waals surface area contributed by atoms with Gasteiger partial charge in [-0.1, -0.05) is 11.6 Å². The molecule has 0 saturated carbocycles. The van der Waals surface area contributed by atoms with Gasteiger partial charge in [0.15, 0.2) is 9.84 Å². The smallest absolute Gasteiger partial charge is 0.179 e. The van der Waals surface area contributed by atoms with Crippen molar-refractivity contribution >= 4 is 27.1 Å². The molecule has 0 aromatic heterocycles. The van der Waals surface area contributed by atoms with E-state index in [9.17, 15) is 8.42 Å². The standard InChI is InChI=1S/C13H19ClN2O2S/c14-12-5-4-11(15)10-13(12)19(17,18)9-3-8-16-6-1-2-7-16/h4-5,10H,1-3,6-9,15H2. The van der Waals surface area contributed by atoms with E-state index in [4.69, 9.17) is 17.3 Å². The minimum Gasteiger partial charge on any atom is -0.399 e. The van der Waals surface area contributed by atoms with Crippen LogP contribution >= 0.6 is 11.6 Å². The third-order valence-electron chi connectivity index (χ3n) is 3.38. The van der Waals surface area contributed by atoms with Crippen LogP contribution < -0.4 is 5.73 Å². The van der Waals surface area contributed by atoms with Gasteiger partial charge in [-0.3, -0.25) is 0 Å². The SMILES string of the molecule is Nc1ccc(Cl)c(S(=O)(=O)CCCN2CCCC2)c1. The van der Waals surface area contributed by atoms with Crippen molar-refractivity contribution in [3.63, 3.8) is 0 Å². The van der Waals surface area contributed by atoms with Gasteiger partial charge in [-0.05, 0) is 57.1 Å². The van der Waals surface area contributed by atoms with E-state index in [0.29, 0.717) is 12.1 Å². The fourth-order valence-corrected chi connectivity index (χ4v) is 4.23. The average molecular weight is 303 g/mol. The summed E-state index contributed by atoms with van der Waals surface area (Å²) in [5, 5.41) is 0.246. The van der Waals surface area contributed by atoms with Gasteiger partial charge in [0.2, 0.25) is 0 Å². The molecular formula is C13H19ClN2O2S. The molecule has 0 amide bonds. The highest BCUT2D eigenvalue weighted by Gasteiger charge is 2.19. The molecule has 1 saturated heterocycles. The Balaban J connectivity index is 1.99. The second-order valence-corrected chi connectivity index (χ2v) is 7.40. The molecule has 0 atom stereocenters. The Bertz CT molecular complexity index is 540. The summed E-state index contributed by atoms with van der Waals surface area (Å²) in [5.74, 6) is 0.118. The van der Waals surface area contributed by atoms with Gasteiger partial charge in [0, 0.05) is 5.69 Å². The molecule has 1 aliphatic heterocycles. The zero-order chi connectivity index (χ0) is 13.9. The van der Waals surface area contributed by atoms with Crippen molar-refractivity contribution in [2.45, 2.75) is 24.2 Å². The van der Waals surface area contributed by atoms with E-state index < -0.39 is 9.84 Å². The van der Waals surface area contributed by atoms with Crippen LogP contribution in [0.1, 0.15) is 19.3 Å². The summed E-state index contributed by atoms with van der Waals surface area (Å²) in [7, 11) is -3.34. The number of hydrogen-bond donors (Lipinski definition) is 1. The van der Waals surface area contributed by atoms with Crippen LogP contribution in [0.25, 0.3) is 0 Å². The number of anilines is 1. The first kappa shape index (κ1) is 14.6. The van der Waals surface area contributed by atoms with Crippen molar-refractivity contribution in [3.8, 4) is 0 Å². The zero-order valence-electron chi connectivity index (χ0n) is 10.8. The molecule has 6 heteroatoms. The molecular weight excluding hydrogens is 284 g/mol. The molecule has 0 unspecified atom stereocenters. The minimum atomic E-state index is -3.34. The lowest BCUT2D eigenvalue weighted by atomic mass is 10.3. The molecule has 0 bridgehead atoms. The lowest BCUT2D eigenvalue weighted by Gasteiger charge is -2.14. The Kier molecular flexibility index (Phi) is 4.71. The number of nitrogen functional groups attached to an aromatic ring is 1. The number of hydrogen-bond acceptors (Lipinski definition) is 4. The Morgan fingerprint density at radius 2 is 1.95 bits per heavy atom. The van der Waals surface area contributed by atoms with E-state index in [0.717, 1.165) is 19.6 Å². The Labute approximate surface area is 119 Å². The number of nitrogens with zero attached hydrogens (tertiary/aromatic N) is 1. The summed E-state index contributed by atoms with van der Waals surface area (Å²) < 4.78 is 24.4. The molecule has 106 valence electrons. The van der Waals surface area contributed by atoms with E-state index >= 15 is 0 Å².